The molecule has 1 aliphatic heterocycles. The Bertz CT molecular complexity index is 718. The lowest BCUT2D eigenvalue weighted by Gasteiger charge is -2.47. The Balaban J connectivity index is 2.65. The maximum atomic E-state index is 9.03. The molecule has 1 unspecified atom stereocenters. The number of nitrogens with zero attached hydrogens (tertiary/aromatic N) is 3. The van der Waals surface area contributed by atoms with Crippen LogP contribution in [-0.2, 0) is 0 Å². The molecule has 4 nitrogen and oxygen atoms in total. The summed E-state index contributed by atoms with van der Waals surface area (Å²) in [6.07, 6.45) is 3.75. The van der Waals surface area contributed by atoms with Crippen LogP contribution in [0.15, 0.2) is 17.7 Å². The number of hydrogen-bond acceptors (Lipinski definition) is 4. The molecule has 1 aromatic rings. The van der Waals surface area contributed by atoms with Gasteiger partial charge in [0.05, 0.1) is 7.11 Å². The van der Waals surface area contributed by atoms with Gasteiger partial charge in [0.1, 0.15) is 23.5 Å². The predicted molar refractivity (Wildman–Crippen MR) is 96.9 cm³/mol. The summed E-state index contributed by atoms with van der Waals surface area (Å²) >= 11 is 0. The van der Waals surface area contributed by atoms with Gasteiger partial charge < -0.3 is 9.64 Å². The van der Waals surface area contributed by atoms with Gasteiger partial charge in [0, 0.05) is 29.4 Å². The molecular weight excluding hydrogens is 298 g/mol. The van der Waals surface area contributed by atoms with Gasteiger partial charge in [0.2, 0.25) is 0 Å². The van der Waals surface area contributed by atoms with Crippen molar-refractivity contribution in [3.05, 3.63) is 28.8 Å². The fraction of sp³-hybridized carbons (Fsp3) is 0.500. The lowest BCUT2D eigenvalue weighted by molar-refractivity contribution is 0.372. The molecule has 126 valence electrons. The predicted octanol–water partition coefficient (Wildman–Crippen LogP) is 4.63. The van der Waals surface area contributed by atoms with E-state index in [2.05, 4.69) is 44.7 Å². The first-order valence-corrected chi connectivity index (χ1v) is 8.39. The van der Waals surface area contributed by atoms with Crippen LogP contribution >= 0.6 is 0 Å². The Labute approximate surface area is 145 Å². The first-order chi connectivity index (χ1) is 11.4. The standard InChI is InChI=1S/C20H25N3O/c1-6-7-23-18-10-19(24-5)16(8-15(12-21)13-22)9-17(18)14(2)11-20(23,3)4/h8-10,14H,6-7,11H2,1-5H3. The monoisotopic (exact) mass is 323 g/mol. The highest BCUT2D eigenvalue weighted by molar-refractivity contribution is 5.73. The molecule has 1 heterocycles. The normalized spacial score (nSPS) is 18.1. The zero-order valence-corrected chi connectivity index (χ0v) is 15.2. The van der Waals surface area contributed by atoms with Gasteiger partial charge >= 0.3 is 0 Å². The van der Waals surface area contributed by atoms with Crippen molar-refractivity contribution < 1.29 is 4.74 Å². The van der Waals surface area contributed by atoms with Crippen LogP contribution in [-0.4, -0.2) is 19.2 Å². The Morgan fingerprint density at radius 2 is 2.04 bits per heavy atom. The van der Waals surface area contributed by atoms with Crippen LogP contribution in [0.5, 0.6) is 5.75 Å². The van der Waals surface area contributed by atoms with E-state index in [1.165, 1.54) is 11.3 Å². The minimum Gasteiger partial charge on any atom is -0.496 e. The van der Waals surface area contributed by atoms with Gasteiger partial charge in [-0.15, -0.1) is 0 Å². The number of benzene rings is 1. The number of hydrogen-bond donors (Lipinski definition) is 0. The van der Waals surface area contributed by atoms with Gasteiger partial charge in [0.15, 0.2) is 0 Å². The van der Waals surface area contributed by atoms with Crippen LogP contribution in [0, 0.1) is 22.7 Å². The fourth-order valence-electron chi connectivity index (χ4n) is 3.71. The van der Waals surface area contributed by atoms with E-state index in [9.17, 15) is 0 Å². The van der Waals surface area contributed by atoms with Crippen molar-refractivity contribution in [2.45, 2.75) is 52.0 Å². The zero-order chi connectivity index (χ0) is 17.9. The minimum atomic E-state index is 0.0856. The van der Waals surface area contributed by atoms with E-state index in [-0.39, 0.29) is 11.1 Å². The minimum absolute atomic E-state index is 0.0856. The smallest absolute Gasteiger partial charge is 0.130 e. The average molecular weight is 323 g/mol. The highest BCUT2D eigenvalue weighted by Gasteiger charge is 2.36. The molecule has 0 spiro atoms. The Hall–Kier alpha value is -2.46. The molecule has 24 heavy (non-hydrogen) atoms. The molecule has 0 saturated heterocycles. The third-order valence-corrected chi connectivity index (χ3v) is 4.73. The summed E-state index contributed by atoms with van der Waals surface area (Å²) in [6.45, 7) is 9.98. The van der Waals surface area contributed by atoms with Crippen LogP contribution in [0.2, 0.25) is 0 Å². The molecule has 0 amide bonds. The maximum absolute atomic E-state index is 9.03. The quantitative estimate of drug-likeness (QED) is 0.758. The van der Waals surface area contributed by atoms with Crippen molar-refractivity contribution in [2.75, 3.05) is 18.6 Å². The lowest BCUT2D eigenvalue weighted by atomic mass is 9.79. The topological polar surface area (TPSA) is 60.0 Å². The lowest BCUT2D eigenvalue weighted by Crippen LogP contribution is -2.48. The number of methoxy groups -OCH3 is 1. The molecule has 0 aromatic heterocycles. The SMILES string of the molecule is CCCN1c2cc(OC)c(C=C(C#N)C#N)cc2C(C)CC1(C)C. The molecule has 0 fully saturated rings. The molecule has 1 aromatic carbocycles. The van der Waals surface area contributed by atoms with Gasteiger partial charge in [0.25, 0.3) is 0 Å². The summed E-state index contributed by atoms with van der Waals surface area (Å²) in [7, 11) is 1.62. The molecule has 0 radical (unpaired) electrons. The second-order valence-electron chi connectivity index (χ2n) is 7.00. The molecule has 1 aliphatic rings. The largest absolute Gasteiger partial charge is 0.496 e. The van der Waals surface area contributed by atoms with Crippen molar-refractivity contribution in [1.82, 2.24) is 0 Å². The van der Waals surface area contributed by atoms with E-state index in [1.807, 2.05) is 12.1 Å². The van der Waals surface area contributed by atoms with Crippen molar-refractivity contribution in [3.63, 3.8) is 0 Å². The number of nitriles is 2. The summed E-state index contributed by atoms with van der Waals surface area (Å²) < 4.78 is 5.54. The summed E-state index contributed by atoms with van der Waals surface area (Å²) in [6, 6.07) is 7.97. The van der Waals surface area contributed by atoms with Crippen LogP contribution in [0.4, 0.5) is 5.69 Å². The van der Waals surface area contributed by atoms with Crippen LogP contribution in [0.25, 0.3) is 6.08 Å². The summed E-state index contributed by atoms with van der Waals surface area (Å²) in [5.74, 6) is 1.11. The molecule has 4 heteroatoms. The third-order valence-electron chi connectivity index (χ3n) is 4.73. The number of rotatable bonds is 4. The number of ether oxygens (including phenoxy) is 1. The van der Waals surface area contributed by atoms with Gasteiger partial charge in [-0.3, -0.25) is 0 Å². The van der Waals surface area contributed by atoms with E-state index in [0.717, 1.165) is 24.9 Å². The van der Waals surface area contributed by atoms with E-state index in [4.69, 9.17) is 15.3 Å². The van der Waals surface area contributed by atoms with Gasteiger partial charge in [-0.2, -0.15) is 10.5 Å². The number of fused-ring (bicyclic) bond motifs is 1. The average Bonchev–Trinajstić information content (AvgIpc) is 2.55. The van der Waals surface area contributed by atoms with Gasteiger partial charge in [-0.25, -0.2) is 0 Å². The number of anilines is 1. The number of allylic oxidation sites excluding steroid dienone is 1. The molecule has 0 aliphatic carbocycles. The van der Waals surface area contributed by atoms with Gasteiger partial charge in [-0.05, 0) is 50.3 Å². The van der Waals surface area contributed by atoms with Gasteiger partial charge in [-0.1, -0.05) is 13.8 Å². The summed E-state index contributed by atoms with van der Waals surface area (Å²) in [4.78, 5) is 2.45. The Kier molecular flexibility index (Phi) is 5.20. The first kappa shape index (κ1) is 17.9. The molecular formula is C20H25N3O. The first-order valence-electron chi connectivity index (χ1n) is 8.39. The summed E-state index contributed by atoms with van der Waals surface area (Å²) in [5, 5.41) is 18.1. The summed E-state index contributed by atoms with van der Waals surface area (Å²) in [5.41, 5.74) is 3.42. The second-order valence-corrected chi connectivity index (χ2v) is 7.00. The highest BCUT2D eigenvalue weighted by Crippen LogP contribution is 2.46. The molecule has 1 atom stereocenters. The Morgan fingerprint density at radius 3 is 2.58 bits per heavy atom. The molecule has 0 N–H and O–H groups in total. The van der Waals surface area contributed by atoms with E-state index < -0.39 is 0 Å². The molecule has 0 saturated carbocycles. The highest BCUT2D eigenvalue weighted by atomic mass is 16.5. The molecule has 2 rings (SSSR count). The van der Waals surface area contributed by atoms with Crippen LogP contribution in [0.1, 0.15) is 57.6 Å². The Morgan fingerprint density at radius 1 is 1.38 bits per heavy atom. The second kappa shape index (κ2) is 6.97. The molecule has 0 bridgehead atoms. The van der Waals surface area contributed by atoms with Crippen molar-refractivity contribution in [3.8, 4) is 17.9 Å². The van der Waals surface area contributed by atoms with E-state index >= 15 is 0 Å². The van der Waals surface area contributed by atoms with Crippen molar-refractivity contribution in [2.24, 2.45) is 0 Å². The zero-order valence-electron chi connectivity index (χ0n) is 15.2. The third kappa shape index (κ3) is 3.24. The van der Waals surface area contributed by atoms with Crippen LogP contribution in [0.3, 0.4) is 0 Å². The maximum Gasteiger partial charge on any atom is 0.130 e. The fourth-order valence-corrected chi connectivity index (χ4v) is 3.71. The van der Waals surface area contributed by atoms with Crippen LogP contribution < -0.4 is 9.64 Å². The van der Waals surface area contributed by atoms with Crippen molar-refractivity contribution in [1.29, 1.82) is 10.5 Å². The van der Waals surface area contributed by atoms with Crippen molar-refractivity contribution >= 4 is 11.8 Å². The van der Waals surface area contributed by atoms with E-state index in [0.29, 0.717) is 11.7 Å². The van der Waals surface area contributed by atoms with E-state index in [1.54, 1.807) is 13.2 Å².